The fourth-order valence-electron chi connectivity index (χ4n) is 5.61. The molecule has 0 bridgehead atoms. The van der Waals surface area contributed by atoms with Crippen LogP contribution >= 0.6 is 0 Å². The highest BCUT2D eigenvalue weighted by Gasteiger charge is 2.53. The van der Waals surface area contributed by atoms with Crippen LogP contribution in [0.25, 0.3) is 0 Å². The minimum absolute atomic E-state index is 0.0157. The molecule has 1 saturated carbocycles. The normalized spacial score (nSPS) is 32.8. The van der Waals surface area contributed by atoms with Crippen molar-refractivity contribution in [1.82, 2.24) is 20.4 Å². The van der Waals surface area contributed by atoms with Crippen molar-refractivity contribution in [2.24, 2.45) is 11.8 Å². The molecule has 166 valence electrons. The first-order chi connectivity index (χ1) is 14.4. The van der Waals surface area contributed by atoms with E-state index in [0.717, 1.165) is 57.9 Å². The summed E-state index contributed by atoms with van der Waals surface area (Å²) in [6, 6.07) is 1.27. The maximum Gasteiger partial charge on any atom is 0.243 e. The average molecular weight is 418 g/mol. The summed E-state index contributed by atoms with van der Waals surface area (Å²) in [5, 5.41) is 26.5. The highest BCUT2D eigenvalue weighted by Crippen LogP contribution is 2.41. The molecule has 0 radical (unpaired) electrons. The maximum absolute atomic E-state index is 13.5. The summed E-state index contributed by atoms with van der Waals surface area (Å²) in [5.74, 6) is 0.475. The quantitative estimate of drug-likeness (QED) is 0.498. The van der Waals surface area contributed by atoms with Crippen molar-refractivity contribution in [3.8, 4) is 6.07 Å². The van der Waals surface area contributed by atoms with Crippen LogP contribution in [0.2, 0.25) is 0 Å². The Hall–Kier alpha value is -1.69. The molecule has 1 spiro atoms. The van der Waals surface area contributed by atoms with Gasteiger partial charge < -0.3 is 15.3 Å². The maximum atomic E-state index is 13.5. The molecule has 1 aliphatic carbocycles. The van der Waals surface area contributed by atoms with E-state index < -0.39 is 17.8 Å². The van der Waals surface area contributed by atoms with Gasteiger partial charge in [-0.25, -0.2) is 0 Å². The van der Waals surface area contributed by atoms with Gasteiger partial charge in [-0.05, 0) is 64.5 Å². The average Bonchev–Trinajstić information content (AvgIpc) is 3.39. The number of piperidine rings is 1. The van der Waals surface area contributed by atoms with Crippen LogP contribution < -0.4 is 10.6 Å². The first-order valence-corrected chi connectivity index (χ1v) is 11.6. The molecule has 4 fully saturated rings. The molecule has 3 heterocycles. The number of carbonyl (C=O) groups excluding carboxylic acids is 2. The van der Waals surface area contributed by atoms with Gasteiger partial charge in [0.1, 0.15) is 11.8 Å². The standard InChI is InChI=1S/C22H35N5O3/c1-26-10-3-2-7-22(26)8-11-27(21(22)30)18(12-15-4-5-15)20(29)25-17(14-23)13-16-6-9-24-19(16)28/h15-18,20,25,29H,2-13H2,1H3,(H,24,28). The van der Waals surface area contributed by atoms with Crippen LogP contribution in [0.5, 0.6) is 0 Å². The van der Waals surface area contributed by atoms with Crippen molar-refractivity contribution in [3.63, 3.8) is 0 Å². The molecule has 5 atom stereocenters. The molecular formula is C22H35N5O3. The molecule has 5 unspecified atom stereocenters. The van der Waals surface area contributed by atoms with E-state index >= 15 is 0 Å². The van der Waals surface area contributed by atoms with E-state index in [2.05, 4.69) is 21.6 Å². The van der Waals surface area contributed by atoms with Gasteiger partial charge in [0, 0.05) is 19.0 Å². The Morgan fingerprint density at radius 3 is 2.67 bits per heavy atom. The van der Waals surface area contributed by atoms with Gasteiger partial charge in [0.2, 0.25) is 11.8 Å². The lowest BCUT2D eigenvalue weighted by atomic mass is 9.85. The number of carbonyl (C=O) groups is 2. The van der Waals surface area contributed by atoms with Gasteiger partial charge in [-0.3, -0.25) is 19.8 Å². The molecule has 2 amide bonds. The van der Waals surface area contributed by atoms with Gasteiger partial charge in [0.15, 0.2) is 0 Å². The lowest BCUT2D eigenvalue weighted by molar-refractivity contribution is -0.144. The Labute approximate surface area is 179 Å². The summed E-state index contributed by atoms with van der Waals surface area (Å²) >= 11 is 0. The Kier molecular flexibility index (Phi) is 6.33. The van der Waals surface area contributed by atoms with E-state index in [9.17, 15) is 20.0 Å². The summed E-state index contributed by atoms with van der Waals surface area (Å²) < 4.78 is 0. The van der Waals surface area contributed by atoms with E-state index in [1.165, 1.54) is 0 Å². The van der Waals surface area contributed by atoms with Crippen LogP contribution in [-0.4, -0.2) is 77.3 Å². The second-order valence-corrected chi connectivity index (χ2v) is 9.71. The van der Waals surface area contributed by atoms with Crippen molar-refractivity contribution >= 4 is 11.8 Å². The number of likely N-dealkylation sites (tertiary alicyclic amines) is 2. The second kappa shape index (κ2) is 8.81. The largest absolute Gasteiger partial charge is 0.376 e. The lowest BCUT2D eigenvalue weighted by Gasteiger charge is -2.42. The highest BCUT2D eigenvalue weighted by molar-refractivity contribution is 5.89. The number of hydrogen-bond acceptors (Lipinski definition) is 6. The zero-order chi connectivity index (χ0) is 21.3. The number of nitriles is 1. The van der Waals surface area contributed by atoms with Gasteiger partial charge in [-0.2, -0.15) is 5.26 Å². The van der Waals surface area contributed by atoms with E-state index in [1.807, 2.05) is 11.9 Å². The fraction of sp³-hybridized carbons (Fsp3) is 0.864. The summed E-state index contributed by atoms with van der Waals surface area (Å²) in [6.07, 6.45) is 7.07. The predicted octanol–water partition coefficient (Wildman–Crippen LogP) is 0.568. The highest BCUT2D eigenvalue weighted by atomic mass is 16.3. The lowest BCUT2D eigenvalue weighted by Crippen LogP contribution is -2.59. The molecule has 4 rings (SSSR count). The molecule has 3 saturated heterocycles. The van der Waals surface area contributed by atoms with Crippen molar-refractivity contribution in [2.45, 2.75) is 81.6 Å². The number of hydrogen-bond donors (Lipinski definition) is 3. The van der Waals surface area contributed by atoms with Gasteiger partial charge in [0.05, 0.1) is 18.2 Å². The summed E-state index contributed by atoms with van der Waals surface area (Å²) in [4.78, 5) is 29.5. The summed E-state index contributed by atoms with van der Waals surface area (Å²) in [7, 11) is 2.05. The van der Waals surface area contributed by atoms with E-state index in [-0.39, 0.29) is 23.8 Å². The number of aliphatic hydroxyl groups is 1. The molecule has 8 heteroatoms. The van der Waals surface area contributed by atoms with Crippen molar-refractivity contribution in [1.29, 1.82) is 5.26 Å². The van der Waals surface area contributed by atoms with Crippen LogP contribution in [0, 0.1) is 23.2 Å². The van der Waals surface area contributed by atoms with Crippen LogP contribution in [0.1, 0.15) is 57.8 Å². The Morgan fingerprint density at radius 1 is 1.23 bits per heavy atom. The Balaban J connectivity index is 1.44. The SMILES string of the molecule is CN1CCCCC12CCN(C(CC1CC1)C(O)NC(C#N)CC1CCNC1=O)C2=O. The third-order valence-corrected chi connectivity index (χ3v) is 7.74. The van der Waals surface area contributed by atoms with E-state index in [1.54, 1.807) is 0 Å². The minimum atomic E-state index is -0.965. The first kappa shape index (κ1) is 21.5. The summed E-state index contributed by atoms with van der Waals surface area (Å²) in [5.41, 5.74) is -0.420. The Morgan fingerprint density at radius 2 is 2.03 bits per heavy atom. The number of nitrogens with zero attached hydrogens (tertiary/aromatic N) is 3. The topological polar surface area (TPSA) is 109 Å². The van der Waals surface area contributed by atoms with Crippen LogP contribution in [0.15, 0.2) is 0 Å². The zero-order valence-electron chi connectivity index (χ0n) is 18.0. The monoisotopic (exact) mass is 417 g/mol. The molecule has 3 N–H and O–H groups in total. The molecule has 3 aliphatic heterocycles. The number of nitrogens with one attached hydrogen (secondary N) is 2. The summed E-state index contributed by atoms with van der Waals surface area (Å²) in [6.45, 7) is 2.24. The van der Waals surface area contributed by atoms with Crippen molar-refractivity contribution in [2.75, 3.05) is 26.7 Å². The third kappa shape index (κ3) is 4.20. The van der Waals surface area contributed by atoms with Crippen LogP contribution in [0.3, 0.4) is 0 Å². The van der Waals surface area contributed by atoms with Crippen molar-refractivity contribution in [3.05, 3.63) is 0 Å². The predicted molar refractivity (Wildman–Crippen MR) is 111 cm³/mol. The number of likely N-dealkylation sites (N-methyl/N-ethyl adjacent to an activating group) is 1. The van der Waals surface area contributed by atoms with Crippen LogP contribution in [-0.2, 0) is 9.59 Å². The second-order valence-electron chi connectivity index (χ2n) is 9.71. The van der Waals surface area contributed by atoms with Gasteiger partial charge in [0.25, 0.3) is 0 Å². The van der Waals surface area contributed by atoms with Gasteiger partial charge in [-0.15, -0.1) is 0 Å². The molecular weight excluding hydrogens is 382 g/mol. The number of rotatable bonds is 8. The first-order valence-electron chi connectivity index (χ1n) is 11.6. The van der Waals surface area contributed by atoms with E-state index in [0.29, 0.717) is 25.4 Å². The number of aliphatic hydroxyl groups excluding tert-OH is 1. The Bertz CT molecular complexity index is 705. The molecule has 30 heavy (non-hydrogen) atoms. The van der Waals surface area contributed by atoms with Crippen molar-refractivity contribution < 1.29 is 14.7 Å². The number of amides is 2. The van der Waals surface area contributed by atoms with Gasteiger partial charge >= 0.3 is 0 Å². The molecule has 0 aromatic rings. The molecule has 4 aliphatic rings. The minimum Gasteiger partial charge on any atom is -0.376 e. The van der Waals surface area contributed by atoms with Gasteiger partial charge in [-0.1, -0.05) is 12.8 Å². The van der Waals surface area contributed by atoms with Crippen LogP contribution in [0.4, 0.5) is 0 Å². The smallest absolute Gasteiger partial charge is 0.243 e. The third-order valence-electron chi connectivity index (χ3n) is 7.74. The zero-order valence-corrected chi connectivity index (χ0v) is 18.0. The molecule has 0 aromatic carbocycles. The molecule has 0 aromatic heterocycles. The van der Waals surface area contributed by atoms with E-state index in [4.69, 9.17) is 0 Å². The molecule has 8 nitrogen and oxygen atoms in total. The fourth-order valence-corrected chi connectivity index (χ4v) is 5.61.